The molecule has 1 amide bonds. The molecule has 2 aromatic heterocycles. The average Bonchev–Trinajstić information content (AvgIpc) is 3.46. The molecule has 7 nitrogen and oxygen atoms in total. The van der Waals surface area contributed by atoms with Crippen LogP contribution in [-0.4, -0.2) is 49.2 Å². The minimum absolute atomic E-state index is 0.123. The second-order valence-electron chi connectivity index (χ2n) is 10.6. The van der Waals surface area contributed by atoms with Gasteiger partial charge in [0.25, 0.3) is 0 Å². The molecule has 0 radical (unpaired) electrons. The van der Waals surface area contributed by atoms with Gasteiger partial charge in [0, 0.05) is 28.5 Å². The summed E-state index contributed by atoms with van der Waals surface area (Å²) in [6, 6.07) is 6.34. The third-order valence-corrected chi connectivity index (χ3v) is 8.62. The largest absolute Gasteiger partial charge is 0.370 e. The van der Waals surface area contributed by atoms with E-state index in [9.17, 15) is 4.79 Å². The summed E-state index contributed by atoms with van der Waals surface area (Å²) in [5.41, 5.74) is 10.9. The summed E-state index contributed by atoms with van der Waals surface area (Å²) in [5, 5.41) is 5.99. The number of carbonyl (C=O) groups excluding carboxylic acids is 1. The van der Waals surface area contributed by atoms with Crippen LogP contribution in [-0.2, 0) is 4.79 Å². The van der Waals surface area contributed by atoms with E-state index >= 15 is 0 Å². The van der Waals surface area contributed by atoms with Gasteiger partial charge in [-0.2, -0.15) is 5.10 Å². The van der Waals surface area contributed by atoms with Gasteiger partial charge in [-0.3, -0.25) is 9.69 Å². The lowest BCUT2D eigenvalue weighted by Gasteiger charge is -2.39. The lowest BCUT2D eigenvalue weighted by molar-refractivity contribution is -0.118. The van der Waals surface area contributed by atoms with Crippen molar-refractivity contribution in [2.45, 2.75) is 77.4 Å². The molecule has 1 aliphatic carbocycles. The Morgan fingerprint density at radius 2 is 2.11 bits per heavy atom. The monoisotopic (exact) mass is 540 g/mol. The molecule has 3 aromatic rings. The summed E-state index contributed by atoms with van der Waals surface area (Å²) in [5.74, 6) is 0.270. The molecule has 0 spiro atoms. The Balaban J connectivity index is 1.41. The fourth-order valence-electron chi connectivity index (χ4n) is 6.09. The van der Waals surface area contributed by atoms with E-state index in [1.807, 2.05) is 29.9 Å². The van der Waals surface area contributed by atoms with Crippen LogP contribution >= 0.6 is 23.2 Å². The number of primary amides is 1. The van der Waals surface area contributed by atoms with Crippen molar-refractivity contribution in [1.29, 1.82) is 0 Å². The van der Waals surface area contributed by atoms with Crippen molar-refractivity contribution < 1.29 is 4.79 Å². The van der Waals surface area contributed by atoms with Crippen LogP contribution < -0.4 is 5.73 Å². The van der Waals surface area contributed by atoms with Gasteiger partial charge >= 0.3 is 0 Å². The highest BCUT2D eigenvalue weighted by molar-refractivity contribution is 6.35. The third-order valence-electron chi connectivity index (χ3n) is 8.06. The number of aryl methyl sites for hydroxylation is 1. The number of benzene rings is 1. The fourth-order valence-corrected chi connectivity index (χ4v) is 6.66. The maximum absolute atomic E-state index is 11.3. The van der Waals surface area contributed by atoms with Crippen LogP contribution in [0.5, 0.6) is 0 Å². The Kier molecular flexibility index (Phi) is 7.57. The van der Waals surface area contributed by atoms with Gasteiger partial charge in [-0.15, -0.1) is 0 Å². The third kappa shape index (κ3) is 5.27. The zero-order valence-corrected chi connectivity index (χ0v) is 23.1. The number of halogens is 2. The standard InChI is InChI=1S/C28H34Cl2N6O/c1-16-13-19(6-10-25(16)35-12-4-5-21(35)8-11-26(31)37)24-15-32-27-17(2)34-36(28(27)33-24)18(3)22-9-7-20(29)14-23(22)30/h6-7,9,14-16,18,21,25H,4-5,8,10-13H2,1-3H3,(H2,31,37). The molecule has 4 atom stereocenters. The summed E-state index contributed by atoms with van der Waals surface area (Å²) < 4.78 is 1.92. The topological polar surface area (TPSA) is 89.9 Å². The Bertz CT molecular complexity index is 1350. The quantitative estimate of drug-likeness (QED) is 0.399. The van der Waals surface area contributed by atoms with E-state index in [2.05, 4.69) is 24.8 Å². The zero-order valence-electron chi connectivity index (χ0n) is 21.6. The summed E-state index contributed by atoms with van der Waals surface area (Å²) in [4.78, 5) is 23.8. The fraction of sp³-hybridized carbons (Fsp3) is 0.500. The van der Waals surface area contributed by atoms with Crippen LogP contribution in [0.15, 0.2) is 30.5 Å². The first kappa shape index (κ1) is 26.1. The van der Waals surface area contributed by atoms with Crippen molar-refractivity contribution in [1.82, 2.24) is 24.6 Å². The number of nitrogens with zero attached hydrogens (tertiary/aromatic N) is 5. The minimum Gasteiger partial charge on any atom is -0.370 e. The molecule has 2 aliphatic rings. The molecule has 3 heterocycles. The number of amides is 1. The minimum atomic E-state index is -0.207. The van der Waals surface area contributed by atoms with E-state index in [4.69, 9.17) is 44.0 Å². The average molecular weight is 542 g/mol. The molecule has 37 heavy (non-hydrogen) atoms. The highest BCUT2D eigenvalue weighted by Crippen LogP contribution is 2.37. The molecule has 2 N–H and O–H groups in total. The maximum Gasteiger partial charge on any atom is 0.217 e. The molecule has 4 unspecified atom stereocenters. The lowest BCUT2D eigenvalue weighted by atomic mass is 9.83. The molecule has 5 rings (SSSR count). The van der Waals surface area contributed by atoms with Crippen molar-refractivity contribution in [3.63, 3.8) is 0 Å². The van der Waals surface area contributed by atoms with Gasteiger partial charge in [-0.25, -0.2) is 14.6 Å². The van der Waals surface area contributed by atoms with Crippen molar-refractivity contribution in [2.24, 2.45) is 11.7 Å². The molecule has 1 aliphatic heterocycles. The molecular formula is C28H34Cl2N6O. The van der Waals surface area contributed by atoms with Gasteiger partial charge in [-0.1, -0.05) is 42.3 Å². The van der Waals surface area contributed by atoms with Crippen LogP contribution in [0, 0.1) is 12.8 Å². The van der Waals surface area contributed by atoms with E-state index in [1.54, 1.807) is 6.07 Å². The van der Waals surface area contributed by atoms with Gasteiger partial charge in [0.2, 0.25) is 5.91 Å². The number of carbonyl (C=O) groups is 1. The second-order valence-corrected chi connectivity index (χ2v) is 11.4. The molecule has 1 fully saturated rings. The predicted molar refractivity (Wildman–Crippen MR) is 149 cm³/mol. The summed E-state index contributed by atoms with van der Waals surface area (Å²) in [6.45, 7) is 7.44. The first-order valence-corrected chi connectivity index (χ1v) is 13.9. The van der Waals surface area contributed by atoms with Gasteiger partial charge in [0.05, 0.1) is 23.6 Å². The number of hydrogen-bond donors (Lipinski definition) is 1. The Hall–Kier alpha value is -2.48. The maximum atomic E-state index is 11.3. The normalized spacial score (nSPS) is 23.4. The Labute approximate surface area is 228 Å². The predicted octanol–water partition coefficient (Wildman–Crippen LogP) is 5.96. The summed E-state index contributed by atoms with van der Waals surface area (Å²) in [6.07, 6.45) is 9.78. The number of nitrogens with two attached hydrogens (primary N) is 1. The van der Waals surface area contributed by atoms with Crippen molar-refractivity contribution >= 4 is 45.8 Å². The summed E-state index contributed by atoms with van der Waals surface area (Å²) in [7, 11) is 0. The summed E-state index contributed by atoms with van der Waals surface area (Å²) >= 11 is 12.6. The van der Waals surface area contributed by atoms with E-state index in [-0.39, 0.29) is 11.9 Å². The van der Waals surface area contributed by atoms with E-state index in [0.717, 1.165) is 60.3 Å². The molecule has 196 valence electrons. The lowest BCUT2D eigenvalue weighted by Crippen LogP contribution is -2.44. The van der Waals surface area contributed by atoms with Crippen molar-refractivity contribution in [3.8, 4) is 0 Å². The zero-order chi connectivity index (χ0) is 26.3. The van der Waals surface area contributed by atoms with Gasteiger partial charge < -0.3 is 5.73 Å². The van der Waals surface area contributed by atoms with Crippen LogP contribution in [0.3, 0.4) is 0 Å². The Morgan fingerprint density at radius 1 is 1.30 bits per heavy atom. The van der Waals surface area contributed by atoms with E-state index < -0.39 is 0 Å². The molecular weight excluding hydrogens is 507 g/mol. The van der Waals surface area contributed by atoms with Crippen LogP contribution in [0.2, 0.25) is 10.0 Å². The van der Waals surface area contributed by atoms with Crippen LogP contribution in [0.25, 0.3) is 16.7 Å². The van der Waals surface area contributed by atoms with Crippen LogP contribution in [0.4, 0.5) is 0 Å². The number of rotatable bonds is 7. The number of aromatic nitrogens is 4. The highest BCUT2D eigenvalue weighted by Gasteiger charge is 2.35. The smallest absolute Gasteiger partial charge is 0.217 e. The number of fused-ring (bicyclic) bond motifs is 1. The Morgan fingerprint density at radius 3 is 2.84 bits per heavy atom. The van der Waals surface area contributed by atoms with Gasteiger partial charge in [0.15, 0.2) is 5.65 Å². The molecule has 0 bridgehead atoms. The molecule has 1 aromatic carbocycles. The molecule has 1 saturated heterocycles. The van der Waals surface area contributed by atoms with Crippen LogP contribution in [0.1, 0.15) is 75.4 Å². The highest BCUT2D eigenvalue weighted by atomic mass is 35.5. The van der Waals surface area contributed by atoms with E-state index in [1.165, 1.54) is 12.0 Å². The van der Waals surface area contributed by atoms with Gasteiger partial charge in [0.1, 0.15) is 5.52 Å². The first-order chi connectivity index (χ1) is 17.7. The van der Waals surface area contributed by atoms with Gasteiger partial charge in [-0.05, 0) is 81.7 Å². The van der Waals surface area contributed by atoms with E-state index in [0.29, 0.717) is 34.5 Å². The van der Waals surface area contributed by atoms with Crippen molar-refractivity contribution in [3.05, 3.63) is 57.5 Å². The second kappa shape index (κ2) is 10.7. The number of likely N-dealkylation sites (tertiary alicyclic amines) is 1. The SMILES string of the molecule is Cc1nn(C(C)c2ccc(Cl)cc2Cl)c2nc(C3=CCC(N4CCCC4CCC(N)=O)C(C)C3)cnc12. The molecule has 0 saturated carbocycles. The molecule has 9 heteroatoms. The first-order valence-electron chi connectivity index (χ1n) is 13.1. The number of allylic oxidation sites excluding steroid dienone is 1. The van der Waals surface area contributed by atoms with Crippen molar-refractivity contribution in [2.75, 3.05) is 6.54 Å². The number of hydrogen-bond acceptors (Lipinski definition) is 5.